The van der Waals surface area contributed by atoms with Gasteiger partial charge in [-0.2, -0.15) is 0 Å². The highest BCUT2D eigenvalue weighted by Crippen LogP contribution is 2.67. The van der Waals surface area contributed by atoms with E-state index in [9.17, 15) is 5.11 Å². The van der Waals surface area contributed by atoms with Gasteiger partial charge in [-0.15, -0.1) is 0 Å². The van der Waals surface area contributed by atoms with Gasteiger partial charge in [-0.25, -0.2) is 0 Å². The number of rotatable bonds is 6. The van der Waals surface area contributed by atoms with Crippen LogP contribution in [-0.2, 0) is 0 Å². The van der Waals surface area contributed by atoms with Crippen molar-refractivity contribution in [3.8, 4) is 0 Å². The number of hydrogen-bond acceptors (Lipinski definition) is 1. The largest absolute Gasteiger partial charge is 0.393 e. The highest BCUT2D eigenvalue weighted by atomic mass is 16.3. The Morgan fingerprint density at radius 3 is 2.47 bits per heavy atom. The first-order valence-corrected chi connectivity index (χ1v) is 13.6. The van der Waals surface area contributed by atoms with Gasteiger partial charge in [-0.1, -0.05) is 66.0 Å². The molecule has 3 fully saturated rings. The molecule has 0 bridgehead atoms. The standard InChI is InChI=1S/C29H50O/c1-7-21(19(2)3)9-8-20(4)25-12-13-26-24-11-10-22-18-23(30)14-16-28(22,5)27(24)15-17-29(25,26)6/h10,19-21,23-27,30H,7-9,11-18H2,1-6H3/t20-,21-,23+,24-,25-,26?,27-,28+,29-/m1/s1. The Morgan fingerprint density at radius 1 is 1.00 bits per heavy atom. The summed E-state index contributed by atoms with van der Waals surface area (Å²) in [5.41, 5.74) is 2.59. The zero-order valence-corrected chi connectivity index (χ0v) is 20.9. The van der Waals surface area contributed by atoms with Crippen LogP contribution in [0.4, 0.5) is 0 Å². The molecule has 0 saturated heterocycles. The molecular weight excluding hydrogens is 364 g/mol. The van der Waals surface area contributed by atoms with Crippen molar-refractivity contribution in [2.24, 2.45) is 52.3 Å². The van der Waals surface area contributed by atoms with Crippen molar-refractivity contribution in [3.05, 3.63) is 11.6 Å². The van der Waals surface area contributed by atoms with Crippen molar-refractivity contribution < 1.29 is 5.11 Å². The van der Waals surface area contributed by atoms with Crippen molar-refractivity contribution in [3.63, 3.8) is 0 Å². The minimum atomic E-state index is -0.0794. The van der Waals surface area contributed by atoms with Crippen LogP contribution in [0.25, 0.3) is 0 Å². The SMILES string of the molecule is CC[C@H](CC[C@@H](C)[C@H]1CCC2[C@H]3CC=C4C[C@@H](O)CC[C@]4(C)[C@@H]3CC[C@@]21C)C(C)C. The maximum Gasteiger partial charge on any atom is 0.0577 e. The molecular formula is C29H50O. The quantitative estimate of drug-likeness (QED) is 0.436. The van der Waals surface area contributed by atoms with Crippen LogP contribution in [0.2, 0.25) is 0 Å². The summed E-state index contributed by atoms with van der Waals surface area (Å²) in [5.74, 6) is 6.31. The Labute approximate surface area is 187 Å². The van der Waals surface area contributed by atoms with Crippen LogP contribution in [-0.4, -0.2) is 11.2 Å². The second-order valence-electron chi connectivity index (χ2n) is 12.9. The molecule has 4 rings (SSSR count). The van der Waals surface area contributed by atoms with Crippen LogP contribution in [0.1, 0.15) is 112 Å². The van der Waals surface area contributed by atoms with E-state index < -0.39 is 0 Å². The summed E-state index contributed by atoms with van der Waals surface area (Å²) >= 11 is 0. The summed E-state index contributed by atoms with van der Waals surface area (Å²) in [7, 11) is 0. The molecule has 0 radical (unpaired) electrons. The fourth-order valence-electron chi connectivity index (χ4n) is 9.30. The lowest BCUT2D eigenvalue weighted by atomic mass is 9.47. The van der Waals surface area contributed by atoms with Crippen molar-refractivity contribution in [2.75, 3.05) is 0 Å². The maximum absolute atomic E-state index is 10.2. The lowest BCUT2D eigenvalue weighted by molar-refractivity contribution is -0.0575. The van der Waals surface area contributed by atoms with E-state index in [2.05, 4.69) is 47.6 Å². The smallest absolute Gasteiger partial charge is 0.0577 e. The first kappa shape index (κ1) is 22.9. The van der Waals surface area contributed by atoms with Gasteiger partial charge >= 0.3 is 0 Å². The van der Waals surface area contributed by atoms with E-state index in [0.29, 0.717) is 10.8 Å². The minimum Gasteiger partial charge on any atom is -0.393 e. The zero-order valence-electron chi connectivity index (χ0n) is 20.9. The normalized spacial score (nSPS) is 45.3. The van der Waals surface area contributed by atoms with E-state index in [4.69, 9.17) is 0 Å². The van der Waals surface area contributed by atoms with E-state index in [-0.39, 0.29) is 6.10 Å². The molecule has 0 aliphatic heterocycles. The topological polar surface area (TPSA) is 20.2 Å². The van der Waals surface area contributed by atoms with Crippen molar-refractivity contribution >= 4 is 0 Å². The monoisotopic (exact) mass is 414 g/mol. The number of hydrogen-bond donors (Lipinski definition) is 1. The Balaban J connectivity index is 1.47. The molecule has 1 heteroatoms. The first-order chi connectivity index (χ1) is 14.2. The van der Waals surface area contributed by atoms with Gasteiger partial charge in [0, 0.05) is 0 Å². The first-order valence-electron chi connectivity index (χ1n) is 13.6. The van der Waals surface area contributed by atoms with Gasteiger partial charge in [0.2, 0.25) is 0 Å². The average Bonchev–Trinajstić information content (AvgIpc) is 3.06. The highest BCUT2D eigenvalue weighted by molar-refractivity contribution is 5.25. The molecule has 0 amide bonds. The van der Waals surface area contributed by atoms with E-state index in [1.165, 1.54) is 57.8 Å². The molecule has 3 saturated carbocycles. The third-order valence-corrected chi connectivity index (χ3v) is 11.3. The molecule has 1 nitrogen and oxygen atoms in total. The Hall–Kier alpha value is -0.300. The number of aliphatic hydroxyl groups excluding tert-OH is 1. The summed E-state index contributed by atoms with van der Waals surface area (Å²) in [6.45, 7) is 15.1. The molecule has 9 atom stereocenters. The van der Waals surface area contributed by atoms with E-state index in [0.717, 1.165) is 54.3 Å². The maximum atomic E-state index is 10.2. The molecule has 1 N–H and O–H groups in total. The van der Waals surface area contributed by atoms with Gasteiger partial charge in [0.25, 0.3) is 0 Å². The fraction of sp³-hybridized carbons (Fsp3) is 0.931. The average molecular weight is 415 g/mol. The minimum absolute atomic E-state index is 0.0794. The molecule has 0 spiro atoms. The van der Waals surface area contributed by atoms with Gasteiger partial charge in [0.05, 0.1) is 6.10 Å². The summed E-state index contributed by atoms with van der Waals surface area (Å²) < 4.78 is 0. The molecule has 30 heavy (non-hydrogen) atoms. The third-order valence-electron chi connectivity index (χ3n) is 11.3. The number of fused-ring (bicyclic) bond motifs is 5. The lowest BCUT2D eigenvalue weighted by Gasteiger charge is -2.58. The Bertz CT molecular complexity index is 634. The molecule has 1 unspecified atom stereocenters. The van der Waals surface area contributed by atoms with Crippen LogP contribution >= 0.6 is 0 Å². The van der Waals surface area contributed by atoms with Crippen LogP contribution < -0.4 is 0 Å². The van der Waals surface area contributed by atoms with E-state index in [1.807, 2.05) is 0 Å². The molecule has 0 aromatic rings. The highest BCUT2D eigenvalue weighted by Gasteiger charge is 2.59. The predicted octanol–water partition coefficient (Wildman–Crippen LogP) is 8.02. The van der Waals surface area contributed by atoms with Crippen LogP contribution in [0.5, 0.6) is 0 Å². The summed E-state index contributed by atoms with van der Waals surface area (Å²) in [6, 6.07) is 0. The van der Waals surface area contributed by atoms with Crippen LogP contribution in [0.3, 0.4) is 0 Å². The van der Waals surface area contributed by atoms with Gasteiger partial charge in [-0.3, -0.25) is 0 Å². The molecule has 0 aromatic carbocycles. The zero-order chi connectivity index (χ0) is 21.7. The van der Waals surface area contributed by atoms with Crippen molar-refractivity contribution in [1.82, 2.24) is 0 Å². The molecule has 4 aliphatic rings. The summed E-state index contributed by atoms with van der Waals surface area (Å²) in [6.07, 6.45) is 17.1. The van der Waals surface area contributed by atoms with Gasteiger partial charge in [0.1, 0.15) is 0 Å². The van der Waals surface area contributed by atoms with Gasteiger partial charge < -0.3 is 5.11 Å². The molecule has 0 aromatic heterocycles. The van der Waals surface area contributed by atoms with Crippen molar-refractivity contribution in [1.29, 1.82) is 0 Å². The van der Waals surface area contributed by atoms with Crippen molar-refractivity contribution in [2.45, 2.75) is 118 Å². The summed E-state index contributed by atoms with van der Waals surface area (Å²) in [4.78, 5) is 0. The van der Waals surface area contributed by atoms with Gasteiger partial charge in [-0.05, 0) is 110 Å². The fourth-order valence-corrected chi connectivity index (χ4v) is 9.30. The lowest BCUT2D eigenvalue weighted by Crippen LogP contribution is -2.50. The predicted molar refractivity (Wildman–Crippen MR) is 128 cm³/mol. The Kier molecular flexibility index (Phi) is 6.53. The van der Waals surface area contributed by atoms with Crippen LogP contribution in [0, 0.1) is 52.3 Å². The van der Waals surface area contributed by atoms with E-state index >= 15 is 0 Å². The second kappa shape index (κ2) is 8.57. The molecule has 172 valence electrons. The molecule has 0 heterocycles. The van der Waals surface area contributed by atoms with Gasteiger partial charge in [0.15, 0.2) is 0 Å². The van der Waals surface area contributed by atoms with Crippen LogP contribution in [0.15, 0.2) is 11.6 Å². The Morgan fingerprint density at radius 2 is 1.77 bits per heavy atom. The number of allylic oxidation sites excluding steroid dienone is 1. The summed E-state index contributed by atoms with van der Waals surface area (Å²) in [5, 5.41) is 10.2. The number of aliphatic hydroxyl groups is 1. The van der Waals surface area contributed by atoms with E-state index in [1.54, 1.807) is 5.57 Å². The third kappa shape index (κ3) is 3.74. The second-order valence-corrected chi connectivity index (χ2v) is 12.9. The molecule has 4 aliphatic carbocycles.